The standard InChI is InChI=1S/C26H24F3NO4S/c1-2-33-24(32)11-10-23(31)30-13-12-18-14-19(8-9-22(18)30)34-16-20-15-21(17-6-4-3-5-7-17)25(35-20)26(27,28)29/h3-9,14-15H,2,10-13,16H2,1H3. The zero-order valence-electron chi connectivity index (χ0n) is 19.1. The first-order chi connectivity index (χ1) is 16.8. The number of halogens is 3. The van der Waals surface area contributed by atoms with E-state index in [1.54, 1.807) is 54.3 Å². The van der Waals surface area contributed by atoms with E-state index in [1.165, 1.54) is 6.07 Å². The smallest absolute Gasteiger partial charge is 0.426 e. The second kappa shape index (κ2) is 10.5. The third kappa shape index (κ3) is 5.85. The lowest BCUT2D eigenvalue weighted by Gasteiger charge is -2.17. The van der Waals surface area contributed by atoms with Gasteiger partial charge < -0.3 is 14.4 Å². The summed E-state index contributed by atoms with van der Waals surface area (Å²) in [6.07, 6.45) is -3.72. The van der Waals surface area contributed by atoms with Gasteiger partial charge in [-0.05, 0) is 48.7 Å². The molecule has 0 spiro atoms. The van der Waals surface area contributed by atoms with Crippen LogP contribution < -0.4 is 9.64 Å². The molecular formula is C26H24F3NO4S. The van der Waals surface area contributed by atoms with Gasteiger partial charge >= 0.3 is 12.1 Å². The minimum absolute atomic E-state index is 0.00154. The number of nitrogens with zero attached hydrogens (tertiary/aromatic N) is 1. The molecule has 4 rings (SSSR count). The van der Waals surface area contributed by atoms with E-state index in [1.807, 2.05) is 6.07 Å². The first kappa shape index (κ1) is 24.8. The maximum absolute atomic E-state index is 13.6. The van der Waals surface area contributed by atoms with Crippen LogP contribution in [0.25, 0.3) is 11.1 Å². The van der Waals surface area contributed by atoms with Crippen LogP contribution in [-0.4, -0.2) is 25.0 Å². The number of carbonyl (C=O) groups is 2. The molecule has 0 radical (unpaired) electrons. The summed E-state index contributed by atoms with van der Waals surface area (Å²) in [5, 5.41) is 0. The van der Waals surface area contributed by atoms with Crippen LogP contribution in [0.3, 0.4) is 0 Å². The Morgan fingerprint density at radius 3 is 2.54 bits per heavy atom. The van der Waals surface area contributed by atoms with Gasteiger partial charge in [-0.15, -0.1) is 11.3 Å². The fourth-order valence-electron chi connectivity index (χ4n) is 4.01. The Bertz CT molecular complexity index is 1210. The highest BCUT2D eigenvalue weighted by molar-refractivity contribution is 7.12. The topological polar surface area (TPSA) is 55.8 Å². The molecule has 0 bridgehead atoms. The molecule has 0 aliphatic carbocycles. The lowest BCUT2D eigenvalue weighted by molar-refractivity contribution is -0.144. The molecule has 184 valence electrons. The van der Waals surface area contributed by atoms with Gasteiger partial charge in [-0.2, -0.15) is 13.2 Å². The molecule has 0 fully saturated rings. The molecule has 0 atom stereocenters. The van der Waals surface area contributed by atoms with E-state index in [0.717, 1.165) is 11.3 Å². The Kier molecular flexibility index (Phi) is 7.45. The van der Waals surface area contributed by atoms with Crippen molar-refractivity contribution in [2.45, 2.75) is 39.0 Å². The minimum Gasteiger partial charge on any atom is -0.488 e. The summed E-state index contributed by atoms with van der Waals surface area (Å²) in [7, 11) is 0. The Hall–Kier alpha value is -3.33. The van der Waals surface area contributed by atoms with Crippen molar-refractivity contribution in [2.75, 3.05) is 18.1 Å². The molecule has 2 heterocycles. The zero-order chi connectivity index (χ0) is 25.0. The van der Waals surface area contributed by atoms with E-state index in [2.05, 4.69) is 0 Å². The van der Waals surface area contributed by atoms with Gasteiger partial charge in [0.15, 0.2) is 0 Å². The van der Waals surface area contributed by atoms with E-state index in [-0.39, 0.29) is 37.5 Å². The summed E-state index contributed by atoms with van der Waals surface area (Å²) in [5.41, 5.74) is 2.33. The molecule has 0 N–H and O–H groups in total. The van der Waals surface area contributed by atoms with Crippen molar-refractivity contribution in [1.82, 2.24) is 0 Å². The van der Waals surface area contributed by atoms with Crippen molar-refractivity contribution in [3.63, 3.8) is 0 Å². The van der Waals surface area contributed by atoms with Crippen LogP contribution in [0.15, 0.2) is 54.6 Å². The lowest BCUT2D eigenvalue weighted by atomic mass is 10.1. The summed E-state index contributed by atoms with van der Waals surface area (Å²) >= 11 is 0.681. The van der Waals surface area contributed by atoms with Gasteiger partial charge in [0, 0.05) is 29.1 Å². The Morgan fingerprint density at radius 2 is 1.83 bits per heavy atom. The van der Waals surface area contributed by atoms with Gasteiger partial charge in [0.2, 0.25) is 5.91 Å². The molecule has 35 heavy (non-hydrogen) atoms. The quantitative estimate of drug-likeness (QED) is 0.341. The number of esters is 1. The van der Waals surface area contributed by atoms with Crippen molar-refractivity contribution in [2.24, 2.45) is 0 Å². The number of anilines is 1. The second-order valence-electron chi connectivity index (χ2n) is 8.00. The predicted octanol–water partition coefficient (Wildman–Crippen LogP) is 6.25. The highest BCUT2D eigenvalue weighted by Gasteiger charge is 2.36. The normalized spacial score (nSPS) is 13.0. The molecule has 3 aromatic rings. The number of thiophene rings is 1. The molecule has 0 saturated carbocycles. The SMILES string of the molecule is CCOC(=O)CCC(=O)N1CCc2cc(OCc3cc(-c4ccccc4)c(C(F)(F)F)s3)ccc21. The van der Waals surface area contributed by atoms with E-state index >= 15 is 0 Å². The molecule has 0 saturated heterocycles. The number of amides is 1. The lowest BCUT2D eigenvalue weighted by Crippen LogP contribution is -2.29. The summed E-state index contributed by atoms with van der Waals surface area (Å²) < 4.78 is 51.5. The minimum atomic E-state index is -4.45. The van der Waals surface area contributed by atoms with Gasteiger partial charge in [-0.1, -0.05) is 30.3 Å². The second-order valence-corrected chi connectivity index (χ2v) is 9.14. The van der Waals surface area contributed by atoms with Crippen LogP contribution in [0.2, 0.25) is 0 Å². The first-order valence-electron chi connectivity index (χ1n) is 11.2. The summed E-state index contributed by atoms with van der Waals surface area (Å²) in [5.74, 6) is -0.0355. The maximum atomic E-state index is 13.6. The maximum Gasteiger partial charge on any atom is 0.426 e. The fraction of sp³-hybridized carbons (Fsp3) is 0.308. The first-order valence-corrected chi connectivity index (χ1v) is 12.0. The summed E-state index contributed by atoms with van der Waals surface area (Å²) in [4.78, 5) is 25.5. The average Bonchev–Trinajstić information content (AvgIpc) is 3.46. The highest BCUT2D eigenvalue weighted by atomic mass is 32.1. The van der Waals surface area contributed by atoms with E-state index in [9.17, 15) is 22.8 Å². The molecule has 1 amide bonds. The molecular weight excluding hydrogens is 479 g/mol. The number of rotatable bonds is 8. The number of hydrogen-bond donors (Lipinski definition) is 0. The van der Waals surface area contributed by atoms with Crippen molar-refractivity contribution < 1.29 is 32.2 Å². The fourth-order valence-corrected chi connectivity index (χ4v) is 4.97. The van der Waals surface area contributed by atoms with Crippen LogP contribution in [-0.2, 0) is 33.5 Å². The van der Waals surface area contributed by atoms with Crippen molar-refractivity contribution in [1.29, 1.82) is 0 Å². The molecule has 2 aromatic carbocycles. The van der Waals surface area contributed by atoms with Crippen LogP contribution >= 0.6 is 11.3 Å². The number of carbonyl (C=O) groups excluding carboxylic acids is 2. The van der Waals surface area contributed by atoms with Crippen molar-refractivity contribution in [3.05, 3.63) is 69.9 Å². The van der Waals surface area contributed by atoms with Gasteiger partial charge in [0.05, 0.1) is 13.0 Å². The van der Waals surface area contributed by atoms with Gasteiger partial charge in [-0.25, -0.2) is 0 Å². The van der Waals surface area contributed by atoms with Gasteiger partial charge in [0.1, 0.15) is 17.2 Å². The Balaban J connectivity index is 1.43. The van der Waals surface area contributed by atoms with E-state index < -0.39 is 17.0 Å². The van der Waals surface area contributed by atoms with E-state index in [0.29, 0.717) is 40.5 Å². The number of fused-ring (bicyclic) bond motifs is 1. The molecule has 9 heteroatoms. The van der Waals surface area contributed by atoms with Crippen molar-refractivity contribution >= 4 is 28.9 Å². The van der Waals surface area contributed by atoms with Gasteiger partial charge in [0.25, 0.3) is 0 Å². The predicted molar refractivity (Wildman–Crippen MR) is 127 cm³/mol. The Labute approximate surface area is 205 Å². The molecule has 1 aliphatic heterocycles. The third-order valence-electron chi connectivity index (χ3n) is 5.60. The summed E-state index contributed by atoms with van der Waals surface area (Å²) in [6.45, 7) is 2.49. The largest absolute Gasteiger partial charge is 0.488 e. The molecule has 0 unspecified atom stereocenters. The average molecular weight is 504 g/mol. The number of benzene rings is 2. The van der Waals surface area contributed by atoms with E-state index in [4.69, 9.17) is 9.47 Å². The van der Waals surface area contributed by atoms with Crippen molar-refractivity contribution in [3.8, 4) is 16.9 Å². The number of ether oxygens (including phenoxy) is 2. The number of alkyl halides is 3. The van der Waals surface area contributed by atoms with Crippen LogP contribution in [0.4, 0.5) is 18.9 Å². The molecule has 1 aliphatic rings. The molecule has 1 aromatic heterocycles. The van der Waals surface area contributed by atoms with Crippen LogP contribution in [0.1, 0.15) is 35.1 Å². The Morgan fingerprint density at radius 1 is 1.06 bits per heavy atom. The molecule has 5 nitrogen and oxygen atoms in total. The third-order valence-corrected chi connectivity index (χ3v) is 6.76. The van der Waals surface area contributed by atoms with Crippen LogP contribution in [0, 0.1) is 0 Å². The van der Waals surface area contributed by atoms with Crippen LogP contribution in [0.5, 0.6) is 5.75 Å². The highest BCUT2D eigenvalue weighted by Crippen LogP contribution is 2.43. The number of hydrogen-bond acceptors (Lipinski definition) is 5. The summed E-state index contributed by atoms with van der Waals surface area (Å²) in [6, 6.07) is 15.3. The zero-order valence-corrected chi connectivity index (χ0v) is 19.9. The monoisotopic (exact) mass is 503 g/mol. The van der Waals surface area contributed by atoms with Gasteiger partial charge in [-0.3, -0.25) is 9.59 Å².